The van der Waals surface area contributed by atoms with Crippen LogP contribution in [0.3, 0.4) is 0 Å². The van der Waals surface area contributed by atoms with Crippen LogP contribution in [0.15, 0.2) is 48.5 Å². The smallest absolute Gasteiger partial charge is 0.393 e. The standard InChI is InChI=1S/C42H60BN6O6/c44-21-9-15-35(48-39(52)41(17-5-6-18-41)37(50)46-27-29-23-31-11-1-2-12-32(31)24-29)54-43-55-36(16-10-22-45)49-40(53)42(19-7-8-20-42)38(51)47-28-30-25-33-13-3-4-14-34(33)26-30/h1-4,11-14,29-30,35-36H,5-10,15-28,44-45H2,(H,46,50)(H,47,51)(H,48,52)(H,49,53). The fourth-order valence-corrected chi connectivity index (χ4v) is 9.16. The zero-order valence-corrected chi connectivity index (χ0v) is 32.3. The van der Waals surface area contributed by atoms with Crippen molar-refractivity contribution in [1.82, 2.24) is 21.3 Å². The summed E-state index contributed by atoms with van der Waals surface area (Å²) in [7, 11) is 1.14. The van der Waals surface area contributed by atoms with Gasteiger partial charge in [-0.1, -0.05) is 74.2 Å². The van der Waals surface area contributed by atoms with Crippen LogP contribution in [0.5, 0.6) is 0 Å². The van der Waals surface area contributed by atoms with Crippen molar-refractivity contribution < 1.29 is 28.5 Å². The Kier molecular flexibility index (Phi) is 14.4. The molecule has 2 atom stereocenters. The van der Waals surface area contributed by atoms with E-state index in [1.807, 2.05) is 24.3 Å². The van der Waals surface area contributed by atoms with E-state index in [9.17, 15) is 19.2 Å². The number of amides is 4. The predicted molar refractivity (Wildman–Crippen MR) is 211 cm³/mol. The van der Waals surface area contributed by atoms with E-state index in [1.54, 1.807) is 0 Å². The Morgan fingerprint density at radius 1 is 0.600 bits per heavy atom. The molecule has 0 saturated heterocycles. The van der Waals surface area contributed by atoms with Crippen molar-refractivity contribution in [3.63, 3.8) is 0 Å². The van der Waals surface area contributed by atoms with Gasteiger partial charge in [-0.25, -0.2) is 0 Å². The van der Waals surface area contributed by atoms with Crippen LogP contribution in [0.1, 0.15) is 99.3 Å². The van der Waals surface area contributed by atoms with Crippen LogP contribution in [0.4, 0.5) is 0 Å². The molecule has 4 aliphatic rings. The van der Waals surface area contributed by atoms with Crippen molar-refractivity contribution in [3.8, 4) is 0 Å². The normalized spacial score (nSPS) is 19.6. The average Bonchev–Trinajstić information content (AvgIpc) is 4.03. The van der Waals surface area contributed by atoms with Gasteiger partial charge in [0.05, 0.1) is 0 Å². The minimum absolute atomic E-state index is 0.237. The number of carbonyl (C=O) groups excluding carboxylic acids is 4. The lowest BCUT2D eigenvalue weighted by Crippen LogP contribution is -2.54. The maximum absolute atomic E-state index is 13.9. The van der Waals surface area contributed by atoms with Crippen LogP contribution < -0.4 is 32.7 Å². The summed E-state index contributed by atoms with van der Waals surface area (Å²) in [4.78, 5) is 55.3. The van der Waals surface area contributed by atoms with Gasteiger partial charge >= 0.3 is 7.69 Å². The average molecular weight is 756 g/mol. The molecule has 2 unspecified atom stereocenters. The van der Waals surface area contributed by atoms with E-state index >= 15 is 0 Å². The number of nitrogens with two attached hydrogens (primary N) is 2. The Bertz CT molecular complexity index is 1460. The monoisotopic (exact) mass is 755 g/mol. The number of hydrogen-bond acceptors (Lipinski definition) is 8. The van der Waals surface area contributed by atoms with Crippen molar-refractivity contribution >= 4 is 31.3 Å². The fraction of sp³-hybridized carbons (Fsp3) is 0.619. The molecule has 4 aliphatic carbocycles. The van der Waals surface area contributed by atoms with E-state index in [0.717, 1.165) is 59.1 Å². The Labute approximate surface area is 326 Å². The second-order valence-corrected chi connectivity index (χ2v) is 16.2. The first kappa shape index (κ1) is 40.9. The molecule has 12 nitrogen and oxygen atoms in total. The zero-order chi connectivity index (χ0) is 38.7. The lowest BCUT2D eigenvalue weighted by molar-refractivity contribution is -0.146. The molecule has 0 aliphatic heterocycles. The third-order valence-electron chi connectivity index (χ3n) is 12.4. The van der Waals surface area contributed by atoms with Crippen LogP contribution in [-0.4, -0.2) is 69.9 Å². The Morgan fingerprint density at radius 2 is 0.945 bits per heavy atom. The first-order valence-electron chi connectivity index (χ1n) is 20.6. The number of nitrogens with one attached hydrogen (secondary N) is 4. The lowest BCUT2D eigenvalue weighted by atomic mass is 9.83. The summed E-state index contributed by atoms with van der Waals surface area (Å²) >= 11 is 0. The SMILES string of the molecule is NCCCC(NC(=O)C1(C(=O)NCC2Cc3ccccc3C2)CCCC1)O[B]OC(CCCN)NC(=O)C1(C(=O)NCC2Cc3ccccc3C2)CCCC1. The van der Waals surface area contributed by atoms with Crippen molar-refractivity contribution in [1.29, 1.82) is 0 Å². The molecular formula is C42H60BN6O6. The van der Waals surface area contributed by atoms with E-state index in [0.29, 0.717) is 89.4 Å². The summed E-state index contributed by atoms with van der Waals surface area (Å²) in [5.74, 6) is -0.599. The number of rotatable bonds is 20. The lowest BCUT2D eigenvalue weighted by Gasteiger charge is -2.31. The molecule has 0 spiro atoms. The molecular weight excluding hydrogens is 695 g/mol. The van der Waals surface area contributed by atoms with Crippen molar-refractivity contribution in [2.75, 3.05) is 26.2 Å². The minimum Gasteiger partial charge on any atom is -0.393 e. The summed E-state index contributed by atoms with van der Waals surface area (Å²) in [6.07, 6.45) is 9.01. The van der Waals surface area contributed by atoms with Gasteiger partial charge in [0, 0.05) is 13.1 Å². The molecule has 2 fully saturated rings. The summed E-state index contributed by atoms with van der Waals surface area (Å²) < 4.78 is 11.9. The maximum atomic E-state index is 13.9. The summed E-state index contributed by atoms with van der Waals surface area (Å²) in [6, 6.07) is 16.7. The Hall–Kier alpha value is -3.78. The van der Waals surface area contributed by atoms with Crippen LogP contribution in [0.25, 0.3) is 0 Å². The molecule has 55 heavy (non-hydrogen) atoms. The first-order valence-corrected chi connectivity index (χ1v) is 20.6. The number of hydrogen-bond donors (Lipinski definition) is 6. The van der Waals surface area contributed by atoms with Crippen LogP contribution >= 0.6 is 0 Å². The molecule has 0 bridgehead atoms. The minimum atomic E-state index is -1.17. The molecule has 4 amide bonds. The van der Waals surface area contributed by atoms with Crippen molar-refractivity contribution in [3.05, 3.63) is 70.8 Å². The van der Waals surface area contributed by atoms with Gasteiger partial charge in [0.25, 0.3) is 0 Å². The molecule has 2 saturated carbocycles. The second kappa shape index (κ2) is 19.4. The summed E-state index contributed by atoms with van der Waals surface area (Å²) in [5, 5.41) is 12.2. The highest BCUT2D eigenvalue weighted by molar-refractivity contribution is 6.18. The molecule has 297 valence electrons. The van der Waals surface area contributed by atoms with Gasteiger partial charge in [-0.05, 0) is 124 Å². The highest BCUT2D eigenvalue weighted by atomic mass is 16.6. The topological polar surface area (TPSA) is 187 Å². The fourth-order valence-electron chi connectivity index (χ4n) is 9.16. The first-order chi connectivity index (χ1) is 26.8. The number of fused-ring (bicyclic) bond motifs is 2. The number of carbonyl (C=O) groups is 4. The van der Waals surface area contributed by atoms with Gasteiger partial charge in [0.2, 0.25) is 23.6 Å². The van der Waals surface area contributed by atoms with Gasteiger partial charge in [0.1, 0.15) is 23.3 Å². The van der Waals surface area contributed by atoms with Gasteiger partial charge in [-0.15, -0.1) is 0 Å². The van der Waals surface area contributed by atoms with E-state index in [-0.39, 0.29) is 23.6 Å². The Balaban J connectivity index is 1.02. The molecule has 2 aromatic rings. The molecule has 13 heteroatoms. The van der Waals surface area contributed by atoms with Gasteiger partial charge in [0.15, 0.2) is 0 Å². The highest BCUT2D eigenvalue weighted by Gasteiger charge is 2.50. The van der Waals surface area contributed by atoms with Crippen LogP contribution in [-0.2, 0) is 54.2 Å². The van der Waals surface area contributed by atoms with Crippen molar-refractivity contribution in [2.24, 2.45) is 34.1 Å². The zero-order valence-electron chi connectivity index (χ0n) is 32.3. The van der Waals surface area contributed by atoms with Gasteiger partial charge in [-0.2, -0.15) is 0 Å². The maximum Gasteiger partial charge on any atom is 0.491 e. The number of benzene rings is 2. The predicted octanol–water partition coefficient (Wildman–Crippen LogP) is 3.10. The van der Waals surface area contributed by atoms with E-state index in [1.165, 1.54) is 22.3 Å². The van der Waals surface area contributed by atoms with E-state index in [4.69, 9.17) is 20.8 Å². The molecule has 2 aromatic carbocycles. The third kappa shape index (κ3) is 9.97. The molecule has 0 heterocycles. The van der Waals surface area contributed by atoms with E-state index < -0.39 is 23.3 Å². The van der Waals surface area contributed by atoms with Gasteiger partial charge < -0.3 is 42.0 Å². The van der Waals surface area contributed by atoms with Gasteiger partial charge in [-0.3, -0.25) is 19.2 Å². The molecule has 6 rings (SSSR count). The van der Waals surface area contributed by atoms with Crippen LogP contribution in [0.2, 0.25) is 0 Å². The Morgan fingerprint density at radius 3 is 1.27 bits per heavy atom. The van der Waals surface area contributed by atoms with E-state index in [2.05, 4.69) is 45.5 Å². The summed E-state index contributed by atoms with van der Waals surface area (Å²) in [6.45, 7) is 1.81. The molecule has 8 N–H and O–H groups in total. The molecule has 0 aromatic heterocycles. The third-order valence-corrected chi connectivity index (χ3v) is 12.4. The largest absolute Gasteiger partial charge is 0.491 e. The van der Waals surface area contributed by atoms with Crippen molar-refractivity contribution in [2.45, 2.75) is 115 Å². The molecule has 1 radical (unpaired) electrons. The quantitative estimate of drug-likeness (QED) is 0.0676. The second-order valence-electron chi connectivity index (χ2n) is 16.2. The van der Waals surface area contributed by atoms with Crippen LogP contribution in [0, 0.1) is 22.7 Å². The highest BCUT2D eigenvalue weighted by Crippen LogP contribution is 2.40. The summed E-state index contributed by atoms with van der Waals surface area (Å²) in [5.41, 5.74) is 14.6.